The van der Waals surface area contributed by atoms with Crippen molar-refractivity contribution in [1.82, 2.24) is 19.8 Å². The SMILES string of the molecule is O=C(NCc1ccccc1-c1ccc(F)cc1)c1cc(=O)n(CCN2CCOCC2)c(=O)[nH]1. The molecule has 1 saturated heterocycles. The zero-order valence-corrected chi connectivity index (χ0v) is 18.1. The second-order valence-corrected chi connectivity index (χ2v) is 7.78. The smallest absolute Gasteiger partial charge is 0.328 e. The molecular weight excluding hydrogens is 427 g/mol. The van der Waals surface area contributed by atoms with Gasteiger partial charge in [-0.15, -0.1) is 0 Å². The summed E-state index contributed by atoms with van der Waals surface area (Å²) < 4.78 is 19.6. The number of amides is 1. The number of carbonyl (C=O) groups is 1. The molecule has 1 fully saturated rings. The standard InChI is InChI=1S/C24H25FN4O4/c25-19-7-5-17(6-8-19)20-4-2-1-3-18(20)16-26-23(31)21-15-22(30)29(24(32)27-21)10-9-28-11-13-33-14-12-28/h1-8,15H,9-14,16H2,(H,26,31)(H,27,32). The number of nitrogens with zero attached hydrogens (tertiary/aromatic N) is 2. The summed E-state index contributed by atoms with van der Waals surface area (Å²) in [5.74, 6) is -0.883. The normalized spacial score (nSPS) is 14.2. The Balaban J connectivity index is 1.43. The molecule has 2 N–H and O–H groups in total. The number of hydrogen-bond acceptors (Lipinski definition) is 5. The molecule has 172 valence electrons. The van der Waals surface area contributed by atoms with Gasteiger partial charge in [-0.3, -0.25) is 19.1 Å². The second kappa shape index (κ2) is 10.4. The third-order valence-electron chi connectivity index (χ3n) is 5.62. The van der Waals surface area contributed by atoms with E-state index in [1.165, 1.54) is 12.1 Å². The number of hydrogen-bond donors (Lipinski definition) is 2. The van der Waals surface area contributed by atoms with Gasteiger partial charge >= 0.3 is 5.69 Å². The third kappa shape index (κ3) is 5.63. The van der Waals surface area contributed by atoms with Gasteiger partial charge < -0.3 is 15.0 Å². The predicted octanol–water partition coefficient (Wildman–Crippen LogP) is 1.60. The molecule has 0 bridgehead atoms. The van der Waals surface area contributed by atoms with Crippen LogP contribution >= 0.6 is 0 Å². The molecule has 33 heavy (non-hydrogen) atoms. The van der Waals surface area contributed by atoms with Gasteiger partial charge in [0.2, 0.25) is 0 Å². The lowest BCUT2D eigenvalue weighted by Crippen LogP contribution is -2.43. The van der Waals surface area contributed by atoms with Crippen molar-refractivity contribution in [3.8, 4) is 11.1 Å². The zero-order valence-electron chi connectivity index (χ0n) is 18.1. The number of H-pyrrole nitrogens is 1. The Bertz CT molecular complexity index is 1200. The number of aromatic nitrogens is 2. The quantitative estimate of drug-likeness (QED) is 0.568. The van der Waals surface area contributed by atoms with E-state index in [0.717, 1.165) is 40.4 Å². The van der Waals surface area contributed by atoms with E-state index in [9.17, 15) is 18.8 Å². The number of rotatable bonds is 7. The van der Waals surface area contributed by atoms with Crippen molar-refractivity contribution in [3.63, 3.8) is 0 Å². The Morgan fingerprint density at radius 2 is 1.76 bits per heavy atom. The van der Waals surface area contributed by atoms with Gasteiger partial charge in [0.25, 0.3) is 11.5 Å². The van der Waals surface area contributed by atoms with Gasteiger partial charge in [-0.1, -0.05) is 36.4 Å². The van der Waals surface area contributed by atoms with Gasteiger partial charge in [0.1, 0.15) is 11.5 Å². The Hall–Kier alpha value is -3.56. The van der Waals surface area contributed by atoms with Gasteiger partial charge in [-0.25, -0.2) is 9.18 Å². The average molecular weight is 452 g/mol. The molecule has 2 aromatic carbocycles. The number of nitrogens with one attached hydrogen (secondary N) is 2. The number of ether oxygens (including phenoxy) is 1. The first-order valence-electron chi connectivity index (χ1n) is 10.8. The highest BCUT2D eigenvalue weighted by Crippen LogP contribution is 2.23. The Kier molecular flexibility index (Phi) is 7.11. The van der Waals surface area contributed by atoms with Crippen LogP contribution in [0, 0.1) is 5.82 Å². The maximum Gasteiger partial charge on any atom is 0.328 e. The summed E-state index contributed by atoms with van der Waals surface area (Å²) in [6.45, 7) is 3.75. The summed E-state index contributed by atoms with van der Waals surface area (Å²) >= 11 is 0. The van der Waals surface area contributed by atoms with Crippen molar-refractivity contribution in [2.45, 2.75) is 13.1 Å². The van der Waals surface area contributed by atoms with Crippen LogP contribution in [0.5, 0.6) is 0 Å². The minimum atomic E-state index is -0.618. The maximum absolute atomic E-state index is 13.3. The summed E-state index contributed by atoms with van der Waals surface area (Å²) in [6.07, 6.45) is 0. The minimum absolute atomic E-state index is 0.0908. The third-order valence-corrected chi connectivity index (χ3v) is 5.62. The zero-order chi connectivity index (χ0) is 23.2. The van der Waals surface area contributed by atoms with E-state index < -0.39 is 17.2 Å². The van der Waals surface area contributed by atoms with E-state index in [1.54, 1.807) is 12.1 Å². The van der Waals surface area contributed by atoms with Crippen molar-refractivity contribution >= 4 is 5.91 Å². The summed E-state index contributed by atoms with van der Waals surface area (Å²) in [5, 5.41) is 2.74. The van der Waals surface area contributed by atoms with Gasteiger partial charge in [0, 0.05) is 38.8 Å². The van der Waals surface area contributed by atoms with Crippen LogP contribution < -0.4 is 16.6 Å². The molecule has 0 spiro atoms. The topological polar surface area (TPSA) is 96.4 Å². The largest absolute Gasteiger partial charge is 0.379 e. The molecule has 0 aliphatic carbocycles. The van der Waals surface area contributed by atoms with E-state index in [-0.39, 0.29) is 24.6 Å². The van der Waals surface area contributed by atoms with E-state index in [2.05, 4.69) is 15.2 Å². The molecule has 1 aliphatic heterocycles. The van der Waals surface area contributed by atoms with E-state index in [1.807, 2.05) is 24.3 Å². The maximum atomic E-state index is 13.3. The van der Waals surface area contributed by atoms with Crippen LogP contribution in [0.15, 0.2) is 64.2 Å². The molecule has 1 aliphatic rings. The van der Waals surface area contributed by atoms with Crippen LogP contribution in [-0.4, -0.2) is 53.2 Å². The monoisotopic (exact) mass is 452 g/mol. The lowest BCUT2D eigenvalue weighted by molar-refractivity contribution is 0.0361. The average Bonchev–Trinajstić information content (AvgIpc) is 2.83. The summed E-state index contributed by atoms with van der Waals surface area (Å²) in [6, 6.07) is 14.7. The molecule has 0 unspecified atom stereocenters. The molecule has 9 heteroatoms. The van der Waals surface area contributed by atoms with E-state index in [0.29, 0.717) is 19.8 Å². The summed E-state index contributed by atoms with van der Waals surface area (Å²) in [4.78, 5) is 42.2. The molecule has 0 saturated carbocycles. The fourth-order valence-electron chi connectivity index (χ4n) is 3.78. The Morgan fingerprint density at radius 1 is 1.03 bits per heavy atom. The summed E-state index contributed by atoms with van der Waals surface area (Å²) in [7, 11) is 0. The van der Waals surface area contributed by atoms with Crippen LogP contribution in [0.1, 0.15) is 16.1 Å². The fourth-order valence-corrected chi connectivity index (χ4v) is 3.78. The van der Waals surface area contributed by atoms with Gasteiger partial charge in [0.05, 0.1) is 13.2 Å². The molecule has 1 amide bonds. The first-order valence-corrected chi connectivity index (χ1v) is 10.8. The lowest BCUT2D eigenvalue weighted by Gasteiger charge is -2.26. The number of benzene rings is 2. The highest BCUT2D eigenvalue weighted by molar-refractivity contribution is 5.92. The predicted molar refractivity (Wildman–Crippen MR) is 122 cm³/mol. The van der Waals surface area contributed by atoms with Crippen molar-refractivity contribution in [3.05, 3.63) is 92.5 Å². The Morgan fingerprint density at radius 3 is 2.48 bits per heavy atom. The first kappa shape index (κ1) is 22.6. The van der Waals surface area contributed by atoms with Crippen LogP contribution in [0.4, 0.5) is 4.39 Å². The van der Waals surface area contributed by atoms with Crippen LogP contribution in [0.2, 0.25) is 0 Å². The van der Waals surface area contributed by atoms with Gasteiger partial charge in [0.15, 0.2) is 0 Å². The van der Waals surface area contributed by atoms with Crippen LogP contribution in [0.3, 0.4) is 0 Å². The van der Waals surface area contributed by atoms with E-state index in [4.69, 9.17) is 4.74 Å². The molecule has 0 atom stereocenters. The van der Waals surface area contributed by atoms with Crippen molar-refractivity contribution < 1.29 is 13.9 Å². The van der Waals surface area contributed by atoms with Gasteiger partial charge in [-0.2, -0.15) is 0 Å². The van der Waals surface area contributed by atoms with E-state index >= 15 is 0 Å². The number of aromatic amines is 1. The van der Waals surface area contributed by atoms with Crippen molar-refractivity contribution in [1.29, 1.82) is 0 Å². The highest BCUT2D eigenvalue weighted by Gasteiger charge is 2.14. The first-order chi connectivity index (χ1) is 16.0. The molecular formula is C24H25FN4O4. The fraction of sp³-hybridized carbons (Fsp3) is 0.292. The van der Waals surface area contributed by atoms with Crippen molar-refractivity contribution in [2.75, 3.05) is 32.8 Å². The molecule has 2 heterocycles. The second-order valence-electron chi connectivity index (χ2n) is 7.78. The number of halogens is 1. The summed E-state index contributed by atoms with van der Waals surface area (Å²) in [5.41, 5.74) is 1.25. The lowest BCUT2D eigenvalue weighted by atomic mass is 9.99. The Labute approximate surface area is 189 Å². The molecule has 4 rings (SSSR count). The molecule has 3 aromatic rings. The minimum Gasteiger partial charge on any atom is -0.379 e. The van der Waals surface area contributed by atoms with Gasteiger partial charge in [-0.05, 0) is 28.8 Å². The molecule has 0 radical (unpaired) electrons. The molecule has 8 nitrogen and oxygen atoms in total. The number of carbonyl (C=O) groups excluding carboxylic acids is 1. The highest BCUT2D eigenvalue weighted by atomic mass is 19.1. The van der Waals surface area contributed by atoms with Crippen LogP contribution in [0.25, 0.3) is 11.1 Å². The van der Waals surface area contributed by atoms with Crippen molar-refractivity contribution in [2.24, 2.45) is 0 Å². The van der Waals surface area contributed by atoms with Crippen LogP contribution in [-0.2, 0) is 17.8 Å². The number of morpholine rings is 1. The molecule has 1 aromatic heterocycles.